The van der Waals surface area contributed by atoms with Gasteiger partial charge in [-0.05, 0) is 35.7 Å². The van der Waals surface area contributed by atoms with Gasteiger partial charge in [0.15, 0.2) is 0 Å². The summed E-state index contributed by atoms with van der Waals surface area (Å²) < 4.78 is 0. The summed E-state index contributed by atoms with van der Waals surface area (Å²) in [5.74, 6) is 4.88. The number of aromatic nitrogens is 2. The topological polar surface area (TPSA) is 95.1 Å². The van der Waals surface area contributed by atoms with Gasteiger partial charge in [0, 0.05) is 23.3 Å². The molecule has 2 aromatic heterocycles. The Kier molecular flexibility index (Phi) is 5.87. The van der Waals surface area contributed by atoms with E-state index in [0.717, 1.165) is 5.56 Å². The number of nitrogens with one attached hydrogen (secondary N) is 2. The van der Waals surface area contributed by atoms with Crippen LogP contribution in [0.25, 0.3) is 11.0 Å². The molecule has 1 amide bonds. The van der Waals surface area contributed by atoms with Gasteiger partial charge in [0.1, 0.15) is 17.8 Å². The number of aromatic amines is 1. The number of nitrogens with zero attached hydrogens (tertiary/aromatic N) is 1. The molecule has 0 aliphatic carbocycles. The number of carbonyl (C=O) groups excluding carboxylic acids is 1. The van der Waals surface area contributed by atoms with Gasteiger partial charge in [0.2, 0.25) is 11.3 Å². The van der Waals surface area contributed by atoms with Crippen LogP contribution < -0.4 is 10.7 Å². The second kappa shape index (κ2) is 8.49. The van der Waals surface area contributed by atoms with Crippen molar-refractivity contribution in [3.8, 4) is 11.8 Å². The van der Waals surface area contributed by atoms with E-state index in [1.807, 2.05) is 12.1 Å². The number of halogens is 1. The molecule has 3 aromatic rings. The van der Waals surface area contributed by atoms with Crippen molar-refractivity contribution in [2.24, 2.45) is 0 Å². The summed E-state index contributed by atoms with van der Waals surface area (Å²) in [4.78, 5) is 32.0. The Balaban J connectivity index is 1.75. The molecule has 1 aromatic carbocycles. The summed E-state index contributed by atoms with van der Waals surface area (Å²) in [5.41, 5.74) is 2.05. The van der Waals surface area contributed by atoms with Crippen LogP contribution in [0.15, 0.2) is 47.4 Å². The fourth-order valence-electron chi connectivity index (χ4n) is 2.50. The number of carbonyl (C=O) groups is 1. The largest absolute Gasteiger partial charge is 0.384 e. The van der Waals surface area contributed by atoms with Gasteiger partial charge in [-0.25, -0.2) is 4.98 Å². The number of rotatable bonds is 4. The molecule has 0 bridgehead atoms. The molecule has 7 heteroatoms. The molecule has 2 heterocycles. The lowest BCUT2D eigenvalue weighted by atomic mass is 10.1. The van der Waals surface area contributed by atoms with Gasteiger partial charge in [0.25, 0.3) is 0 Å². The zero-order valence-electron chi connectivity index (χ0n) is 14.3. The first-order chi connectivity index (χ1) is 13.1. The normalized spacial score (nSPS) is 10.3. The molecule has 27 heavy (non-hydrogen) atoms. The highest BCUT2D eigenvalue weighted by Gasteiger charge is 2.11. The molecule has 0 saturated heterocycles. The van der Waals surface area contributed by atoms with Gasteiger partial charge in [-0.2, -0.15) is 0 Å². The first-order valence-corrected chi connectivity index (χ1v) is 8.57. The van der Waals surface area contributed by atoms with Gasteiger partial charge in [-0.15, -0.1) is 0 Å². The molecule has 3 rings (SSSR count). The van der Waals surface area contributed by atoms with E-state index >= 15 is 0 Å². The second-order valence-electron chi connectivity index (χ2n) is 5.78. The van der Waals surface area contributed by atoms with E-state index in [1.54, 1.807) is 24.3 Å². The van der Waals surface area contributed by atoms with Gasteiger partial charge in [-0.1, -0.05) is 29.7 Å². The van der Waals surface area contributed by atoms with Crippen LogP contribution >= 0.6 is 11.6 Å². The molecule has 0 atom stereocenters. The average molecular weight is 382 g/mol. The van der Waals surface area contributed by atoms with Crippen LogP contribution in [0.5, 0.6) is 0 Å². The summed E-state index contributed by atoms with van der Waals surface area (Å²) in [6.45, 7) is 0.0601. The van der Waals surface area contributed by atoms with Gasteiger partial charge in [0.05, 0.1) is 11.9 Å². The number of aliphatic hydroxyl groups is 1. The minimum absolute atomic E-state index is 0.0624. The Labute approximate surface area is 160 Å². The maximum Gasteiger partial charge on any atom is 0.224 e. The SMILES string of the molecule is O=C(Cc1c[nH]c2ccc(C#CCO)nc2c1=O)NCc1ccc(Cl)cc1. The van der Waals surface area contributed by atoms with Crippen LogP contribution in [0, 0.1) is 11.8 Å². The molecule has 6 nitrogen and oxygen atoms in total. The summed E-state index contributed by atoms with van der Waals surface area (Å²) in [6, 6.07) is 10.5. The lowest BCUT2D eigenvalue weighted by Crippen LogP contribution is -2.27. The quantitative estimate of drug-likeness (QED) is 0.600. The number of benzene rings is 1. The molecule has 0 radical (unpaired) electrons. The highest BCUT2D eigenvalue weighted by atomic mass is 35.5. The molecular formula is C20H16ClN3O3. The summed E-state index contributed by atoms with van der Waals surface area (Å²) in [5, 5.41) is 12.2. The number of amides is 1. The van der Waals surface area contributed by atoms with Crippen molar-refractivity contribution < 1.29 is 9.90 Å². The second-order valence-corrected chi connectivity index (χ2v) is 6.21. The first kappa shape index (κ1) is 18.6. The number of aliphatic hydroxyl groups excluding tert-OH is 1. The smallest absolute Gasteiger partial charge is 0.224 e. The molecule has 0 fully saturated rings. The van der Waals surface area contributed by atoms with Crippen molar-refractivity contribution in [1.82, 2.24) is 15.3 Å². The maximum absolute atomic E-state index is 12.6. The van der Waals surface area contributed by atoms with E-state index in [-0.39, 0.29) is 29.9 Å². The van der Waals surface area contributed by atoms with Gasteiger partial charge >= 0.3 is 0 Å². The van der Waals surface area contributed by atoms with E-state index in [0.29, 0.717) is 28.3 Å². The number of H-pyrrole nitrogens is 1. The number of pyridine rings is 2. The van der Waals surface area contributed by atoms with E-state index < -0.39 is 0 Å². The van der Waals surface area contributed by atoms with Crippen molar-refractivity contribution >= 4 is 28.5 Å². The van der Waals surface area contributed by atoms with Crippen molar-refractivity contribution in [3.63, 3.8) is 0 Å². The summed E-state index contributed by atoms with van der Waals surface area (Å²) >= 11 is 5.83. The summed E-state index contributed by atoms with van der Waals surface area (Å²) in [7, 11) is 0. The maximum atomic E-state index is 12.6. The predicted octanol–water partition coefficient (Wildman–Crippen LogP) is 1.78. The van der Waals surface area contributed by atoms with E-state index in [4.69, 9.17) is 16.7 Å². The molecule has 0 unspecified atom stereocenters. The van der Waals surface area contributed by atoms with Crippen molar-refractivity contribution in [1.29, 1.82) is 0 Å². The highest BCUT2D eigenvalue weighted by molar-refractivity contribution is 6.30. The fraction of sp³-hybridized carbons (Fsp3) is 0.150. The van der Waals surface area contributed by atoms with Crippen molar-refractivity contribution in [2.45, 2.75) is 13.0 Å². The highest BCUT2D eigenvalue weighted by Crippen LogP contribution is 2.10. The molecule has 0 aliphatic heterocycles. The van der Waals surface area contributed by atoms with Crippen LogP contribution in [0.2, 0.25) is 5.02 Å². The lowest BCUT2D eigenvalue weighted by Gasteiger charge is -2.06. The fourth-order valence-corrected chi connectivity index (χ4v) is 2.63. The Morgan fingerprint density at radius 1 is 1.22 bits per heavy atom. The van der Waals surface area contributed by atoms with Crippen LogP contribution in [-0.2, 0) is 17.8 Å². The van der Waals surface area contributed by atoms with Crippen molar-refractivity contribution in [3.05, 3.63) is 74.7 Å². The van der Waals surface area contributed by atoms with Crippen LogP contribution in [0.4, 0.5) is 0 Å². The minimum Gasteiger partial charge on any atom is -0.384 e. The lowest BCUT2D eigenvalue weighted by molar-refractivity contribution is -0.120. The van der Waals surface area contributed by atoms with Crippen LogP contribution in [-0.4, -0.2) is 27.6 Å². The Bertz CT molecular complexity index is 1100. The van der Waals surface area contributed by atoms with Gasteiger partial charge < -0.3 is 15.4 Å². The van der Waals surface area contributed by atoms with Crippen molar-refractivity contribution in [2.75, 3.05) is 6.61 Å². The third-order valence-electron chi connectivity index (χ3n) is 3.85. The van der Waals surface area contributed by atoms with E-state index in [2.05, 4.69) is 27.1 Å². The van der Waals surface area contributed by atoms with Crippen LogP contribution in [0.1, 0.15) is 16.8 Å². The Morgan fingerprint density at radius 2 is 2.00 bits per heavy atom. The minimum atomic E-state index is -0.321. The van der Waals surface area contributed by atoms with E-state index in [9.17, 15) is 9.59 Å². The standard InChI is InChI=1S/C20H16ClN3O3/c21-15-5-3-13(4-6-15)11-23-18(26)10-14-12-22-17-8-7-16(2-1-9-25)24-19(17)20(14)27/h3-8,12,25H,9-11H2,(H,22,27)(H,23,26). The van der Waals surface area contributed by atoms with Crippen LogP contribution in [0.3, 0.4) is 0 Å². The third kappa shape index (κ3) is 4.73. The Morgan fingerprint density at radius 3 is 2.74 bits per heavy atom. The monoisotopic (exact) mass is 381 g/mol. The zero-order chi connectivity index (χ0) is 19.2. The number of hydrogen-bond acceptors (Lipinski definition) is 4. The molecule has 0 saturated carbocycles. The molecular weight excluding hydrogens is 366 g/mol. The third-order valence-corrected chi connectivity index (χ3v) is 4.11. The molecule has 3 N–H and O–H groups in total. The zero-order valence-corrected chi connectivity index (χ0v) is 15.0. The average Bonchev–Trinajstić information content (AvgIpc) is 2.68. The molecule has 0 aliphatic rings. The number of hydrogen-bond donors (Lipinski definition) is 3. The first-order valence-electron chi connectivity index (χ1n) is 8.19. The molecule has 0 spiro atoms. The van der Waals surface area contributed by atoms with Gasteiger partial charge in [-0.3, -0.25) is 9.59 Å². The number of fused-ring (bicyclic) bond motifs is 1. The summed E-state index contributed by atoms with van der Waals surface area (Å²) in [6.07, 6.45) is 1.46. The Hall–Kier alpha value is -3.14. The predicted molar refractivity (Wildman–Crippen MR) is 103 cm³/mol. The molecule has 136 valence electrons. The van der Waals surface area contributed by atoms with E-state index in [1.165, 1.54) is 6.20 Å².